The molecule has 11 heteroatoms. The molecule has 1 atom stereocenters. The predicted molar refractivity (Wildman–Crippen MR) is 119 cm³/mol. The molecule has 5 nitrogen and oxygen atoms in total. The molecule has 1 amide bonds. The van der Waals surface area contributed by atoms with Gasteiger partial charge >= 0.3 is 6.18 Å². The van der Waals surface area contributed by atoms with Crippen LogP contribution in [-0.4, -0.2) is 47.7 Å². The Labute approximate surface area is 195 Å². The zero-order valence-electron chi connectivity index (χ0n) is 17.9. The number of halogens is 5. The van der Waals surface area contributed by atoms with E-state index in [9.17, 15) is 31.5 Å². The number of likely N-dealkylation sites (tertiary alicyclic amines) is 1. The molecule has 0 saturated carbocycles. The minimum Gasteiger partial charge on any atom is -0.369 e. The highest BCUT2D eigenvalue weighted by atomic mass is 32.1. The third-order valence-corrected chi connectivity index (χ3v) is 7.35. The van der Waals surface area contributed by atoms with Crippen molar-refractivity contribution >= 4 is 33.0 Å². The van der Waals surface area contributed by atoms with Gasteiger partial charge in [0.15, 0.2) is 0 Å². The normalized spacial score (nSPS) is 18.6. The Balaban J connectivity index is 1.63. The van der Waals surface area contributed by atoms with Gasteiger partial charge in [-0.1, -0.05) is 6.07 Å². The lowest BCUT2D eigenvalue weighted by Crippen LogP contribution is -2.39. The number of pyridine rings is 1. The Morgan fingerprint density at radius 1 is 1.18 bits per heavy atom. The maximum Gasteiger partial charge on any atom is 0.419 e. The van der Waals surface area contributed by atoms with E-state index in [0.717, 1.165) is 25.6 Å². The summed E-state index contributed by atoms with van der Waals surface area (Å²) in [5, 5.41) is 1.77. The predicted octanol–water partition coefficient (Wildman–Crippen LogP) is 4.67. The molecule has 1 unspecified atom stereocenters. The summed E-state index contributed by atoms with van der Waals surface area (Å²) >= 11 is 1.22. The fraction of sp³-hybridized carbons (Fsp3) is 0.391. The van der Waals surface area contributed by atoms with Crippen molar-refractivity contribution in [2.75, 3.05) is 31.1 Å². The Kier molecular flexibility index (Phi) is 5.62. The van der Waals surface area contributed by atoms with Gasteiger partial charge in [-0.05, 0) is 30.5 Å². The summed E-state index contributed by atoms with van der Waals surface area (Å²) in [5.41, 5.74) is -0.904. The first-order valence-corrected chi connectivity index (χ1v) is 11.7. The molecule has 180 valence electrons. The van der Waals surface area contributed by atoms with Gasteiger partial charge < -0.3 is 14.4 Å². The molecule has 3 aromatic rings. The number of hydrogen-bond donors (Lipinski definition) is 0. The summed E-state index contributed by atoms with van der Waals surface area (Å²) in [4.78, 5) is 29.6. The zero-order chi connectivity index (χ0) is 24.2. The van der Waals surface area contributed by atoms with E-state index >= 15 is 0 Å². The molecule has 0 aliphatic carbocycles. The second kappa shape index (κ2) is 8.37. The van der Waals surface area contributed by atoms with Gasteiger partial charge in [0.25, 0.3) is 5.56 Å². The third-order valence-electron chi connectivity index (χ3n) is 6.35. The van der Waals surface area contributed by atoms with E-state index in [4.69, 9.17) is 0 Å². The van der Waals surface area contributed by atoms with Gasteiger partial charge in [0.2, 0.25) is 5.91 Å². The fourth-order valence-electron chi connectivity index (χ4n) is 4.38. The molecule has 4 heterocycles. The summed E-state index contributed by atoms with van der Waals surface area (Å²) in [6.07, 6.45) is -3.18. The van der Waals surface area contributed by atoms with Crippen LogP contribution in [0.3, 0.4) is 0 Å². The van der Waals surface area contributed by atoms with Crippen molar-refractivity contribution in [3.05, 3.63) is 51.5 Å². The first-order valence-electron chi connectivity index (χ1n) is 10.8. The molecular weight excluding hydrogens is 477 g/mol. The number of alkyl halides is 4. The number of hydrogen-bond acceptors (Lipinski definition) is 4. The quantitative estimate of drug-likeness (QED) is 0.493. The van der Waals surface area contributed by atoms with Gasteiger partial charge in [0.05, 0.1) is 27.9 Å². The van der Waals surface area contributed by atoms with Gasteiger partial charge in [-0.15, -0.1) is 11.3 Å². The lowest BCUT2D eigenvalue weighted by atomic mass is 10.0. The highest BCUT2D eigenvalue weighted by Gasteiger charge is 2.35. The number of thiophene rings is 1. The van der Waals surface area contributed by atoms with E-state index in [1.54, 1.807) is 11.6 Å². The number of rotatable bonds is 4. The number of amides is 1. The van der Waals surface area contributed by atoms with E-state index in [2.05, 4.69) is 0 Å². The molecule has 5 rings (SSSR count). The highest BCUT2D eigenvalue weighted by molar-refractivity contribution is 7.18. The number of carbonyl (C=O) groups excluding carboxylic acids is 1. The largest absolute Gasteiger partial charge is 0.419 e. The van der Waals surface area contributed by atoms with Crippen molar-refractivity contribution < 1.29 is 26.7 Å². The monoisotopic (exact) mass is 497 g/mol. The molecule has 2 aliphatic heterocycles. The van der Waals surface area contributed by atoms with Gasteiger partial charge in [-0.2, -0.15) is 13.2 Å². The van der Waals surface area contributed by atoms with Crippen molar-refractivity contribution in [3.8, 4) is 11.1 Å². The average molecular weight is 497 g/mol. The number of fused-ring (bicyclic) bond motifs is 1. The van der Waals surface area contributed by atoms with Crippen LogP contribution in [0.25, 0.3) is 21.2 Å². The summed E-state index contributed by atoms with van der Waals surface area (Å²) < 4.78 is 69.1. The zero-order valence-corrected chi connectivity index (χ0v) is 18.7. The van der Waals surface area contributed by atoms with Crippen molar-refractivity contribution in [1.29, 1.82) is 0 Å². The number of anilines is 1. The Hall–Kier alpha value is -2.95. The molecule has 34 heavy (non-hydrogen) atoms. The first-order chi connectivity index (χ1) is 16.1. The first kappa shape index (κ1) is 22.8. The Morgan fingerprint density at radius 2 is 1.94 bits per heavy atom. The molecule has 2 fully saturated rings. The molecular formula is C23H20F5N3O2S. The maximum atomic E-state index is 13.8. The third kappa shape index (κ3) is 3.95. The van der Waals surface area contributed by atoms with Crippen LogP contribution in [0.2, 0.25) is 0 Å². The van der Waals surface area contributed by atoms with E-state index < -0.39 is 35.2 Å². The smallest absolute Gasteiger partial charge is 0.369 e. The second-order valence-electron chi connectivity index (χ2n) is 8.56. The number of carbonyl (C=O) groups is 1. The van der Waals surface area contributed by atoms with Gasteiger partial charge in [0.1, 0.15) is 18.5 Å². The summed E-state index contributed by atoms with van der Waals surface area (Å²) in [6, 6.07) is 2.65. The second-order valence-corrected chi connectivity index (χ2v) is 9.44. The van der Waals surface area contributed by atoms with E-state index in [1.165, 1.54) is 26.9 Å². The molecule has 0 bridgehead atoms. The summed E-state index contributed by atoms with van der Waals surface area (Å²) in [7, 11) is 0. The van der Waals surface area contributed by atoms with Crippen molar-refractivity contribution in [3.63, 3.8) is 0 Å². The molecule has 2 aliphatic rings. The fourth-order valence-corrected chi connectivity index (χ4v) is 5.49. The van der Waals surface area contributed by atoms with Crippen LogP contribution in [0.15, 0.2) is 34.6 Å². The van der Waals surface area contributed by atoms with Crippen molar-refractivity contribution in [2.24, 2.45) is 0 Å². The van der Waals surface area contributed by atoms with E-state index in [1.807, 2.05) is 4.90 Å². The lowest BCUT2D eigenvalue weighted by Gasteiger charge is -2.34. The molecule has 0 spiro atoms. The Bertz CT molecular complexity index is 1330. The molecule has 2 saturated heterocycles. The van der Waals surface area contributed by atoms with Crippen LogP contribution in [0.4, 0.5) is 27.6 Å². The SMILES string of the molecule is O=C(Cn1cc(N2CCC2)c2scc(-c3ccc(F)c(C(F)(F)F)c3)c2c1=O)N1CCC(F)C1. The van der Waals surface area contributed by atoms with Crippen LogP contribution in [0.5, 0.6) is 0 Å². The maximum absolute atomic E-state index is 13.8. The van der Waals surface area contributed by atoms with Crippen LogP contribution in [0, 0.1) is 5.82 Å². The molecule has 2 aromatic heterocycles. The minimum atomic E-state index is -4.88. The van der Waals surface area contributed by atoms with Crippen LogP contribution in [-0.2, 0) is 17.5 Å². The van der Waals surface area contributed by atoms with Gasteiger partial charge in [-0.25, -0.2) is 8.78 Å². The van der Waals surface area contributed by atoms with Crippen molar-refractivity contribution in [1.82, 2.24) is 9.47 Å². The number of aromatic nitrogens is 1. The van der Waals surface area contributed by atoms with Crippen molar-refractivity contribution in [2.45, 2.75) is 31.7 Å². The number of nitrogens with zero attached hydrogens (tertiary/aromatic N) is 3. The summed E-state index contributed by atoms with van der Waals surface area (Å²) in [5.74, 6) is -1.79. The van der Waals surface area contributed by atoms with Crippen LogP contribution in [0.1, 0.15) is 18.4 Å². The van der Waals surface area contributed by atoms with Crippen LogP contribution >= 0.6 is 11.3 Å². The van der Waals surface area contributed by atoms with Crippen LogP contribution < -0.4 is 10.5 Å². The minimum absolute atomic E-state index is 0.0195. The summed E-state index contributed by atoms with van der Waals surface area (Å²) in [6.45, 7) is 1.45. The lowest BCUT2D eigenvalue weighted by molar-refractivity contribution is -0.140. The molecule has 0 N–H and O–H groups in total. The van der Waals surface area contributed by atoms with Gasteiger partial charge in [0, 0.05) is 36.8 Å². The molecule has 1 aromatic carbocycles. The standard InChI is InChI=1S/C23H20F5N3O2S/c24-14-4-7-30(9-14)19(32)11-31-10-18(29-5-1-6-29)21-20(22(31)33)15(12-34-21)13-2-3-17(25)16(8-13)23(26,27)28/h2-3,8,10,12,14H,1,4-7,9,11H2. The number of benzene rings is 1. The molecule has 0 radical (unpaired) electrons. The van der Waals surface area contributed by atoms with E-state index in [0.29, 0.717) is 16.5 Å². The average Bonchev–Trinajstić information content (AvgIpc) is 3.36. The van der Waals surface area contributed by atoms with Gasteiger partial charge in [-0.3, -0.25) is 9.59 Å². The Morgan fingerprint density at radius 3 is 2.56 bits per heavy atom. The highest BCUT2D eigenvalue weighted by Crippen LogP contribution is 2.40. The topological polar surface area (TPSA) is 45.6 Å². The van der Waals surface area contributed by atoms with E-state index in [-0.39, 0.29) is 42.6 Å².